The zero-order valence-corrected chi connectivity index (χ0v) is 12.6. The van der Waals surface area contributed by atoms with E-state index in [9.17, 15) is 0 Å². The number of nitrogen functional groups attached to an aromatic ring is 1. The number of aryl methyl sites for hydroxylation is 1. The van der Waals surface area contributed by atoms with Gasteiger partial charge in [-0.05, 0) is 37.5 Å². The van der Waals surface area contributed by atoms with Gasteiger partial charge in [-0.25, -0.2) is 0 Å². The lowest BCUT2D eigenvalue weighted by atomic mass is 9.95. The Kier molecular flexibility index (Phi) is 3.45. The molecular formula is C14H18ClN3O. The molecular weight excluding hydrogens is 262 g/mol. The van der Waals surface area contributed by atoms with Crippen LogP contribution >= 0.6 is 11.6 Å². The van der Waals surface area contributed by atoms with E-state index < -0.39 is 0 Å². The number of benzene rings is 1. The number of hydrogen-bond donors (Lipinski definition) is 1. The molecule has 19 heavy (non-hydrogen) atoms. The molecule has 0 bridgehead atoms. The van der Waals surface area contributed by atoms with Gasteiger partial charge in [0.25, 0.3) is 0 Å². The van der Waals surface area contributed by atoms with E-state index in [-0.39, 0.29) is 0 Å². The molecule has 4 nitrogen and oxygen atoms in total. The highest BCUT2D eigenvalue weighted by Gasteiger charge is 2.19. The van der Waals surface area contributed by atoms with Gasteiger partial charge in [0.15, 0.2) is 0 Å². The lowest BCUT2D eigenvalue weighted by molar-refractivity contribution is 0.411. The Balaban J connectivity index is 2.78. The van der Waals surface area contributed by atoms with E-state index in [4.69, 9.17) is 22.1 Å². The Morgan fingerprint density at radius 1 is 1.21 bits per heavy atom. The summed E-state index contributed by atoms with van der Waals surface area (Å²) in [7, 11) is 3.45. The Morgan fingerprint density at radius 2 is 1.84 bits per heavy atom. The van der Waals surface area contributed by atoms with E-state index in [0.29, 0.717) is 10.8 Å². The molecule has 0 aliphatic heterocycles. The highest BCUT2D eigenvalue weighted by atomic mass is 35.5. The third-order valence-corrected chi connectivity index (χ3v) is 4.01. The number of ether oxygens (including phenoxy) is 1. The standard InChI is InChI=1S/C14H18ClN3O/c1-7-8(2)14(19-5)13(15)9(3)12(7)10-6-11(16)18(4)17-10/h6H,16H2,1-5H3. The molecule has 1 aromatic carbocycles. The topological polar surface area (TPSA) is 53.1 Å². The molecule has 1 heterocycles. The minimum atomic E-state index is 0.624. The molecule has 0 amide bonds. The van der Waals surface area contributed by atoms with Crippen LogP contribution in [0.4, 0.5) is 5.82 Å². The van der Waals surface area contributed by atoms with Crippen molar-refractivity contribution in [1.82, 2.24) is 9.78 Å². The van der Waals surface area contributed by atoms with Gasteiger partial charge in [-0.15, -0.1) is 0 Å². The second-order valence-corrected chi connectivity index (χ2v) is 5.05. The molecule has 0 radical (unpaired) electrons. The van der Waals surface area contributed by atoms with Crippen LogP contribution in [0.15, 0.2) is 6.07 Å². The summed E-state index contributed by atoms with van der Waals surface area (Å²) in [6.45, 7) is 6.01. The third kappa shape index (κ3) is 2.06. The summed E-state index contributed by atoms with van der Waals surface area (Å²) < 4.78 is 7.03. The highest BCUT2D eigenvalue weighted by Crippen LogP contribution is 2.41. The van der Waals surface area contributed by atoms with E-state index in [0.717, 1.165) is 33.7 Å². The summed E-state index contributed by atoms with van der Waals surface area (Å²) in [4.78, 5) is 0. The second-order valence-electron chi connectivity index (χ2n) is 4.68. The Labute approximate surface area is 118 Å². The average molecular weight is 280 g/mol. The van der Waals surface area contributed by atoms with Crippen molar-refractivity contribution in [2.24, 2.45) is 7.05 Å². The molecule has 0 aliphatic rings. The number of nitrogens with two attached hydrogens (primary N) is 1. The van der Waals surface area contributed by atoms with Gasteiger partial charge in [0.1, 0.15) is 11.6 Å². The van der Waals surface area contributed by atoms with Crippen molar-refractivity contribution in [1.29, 1.82) is 0 Å². The molecule has 1 aromatic heterocycles. The van der Waals surface area contributed by atoms with Crippen molar-refractivity contribution < 1.29 is 4.74 Å². The van der Waals surface area contributed by atoms with Gasteiger partial charge in [0, 0.05) is 18.7 Å². The van der Waals surface area contributed by atoms with Crippen LogP contribution in [0.5, 0.6) is 5.75 Å². The van der Waals surface area contributed by atoms with E-state index >= 15 is 0 Å². The van der Waals surface area contributed by atoms with Crippen LogP contribution < -0.4 is 10.5 Å². The van der Waals surface area contributed by atoms with Gasteiger partial charge >= 0.3 is 0 Å². The normalized spacial score (nSPS) is 10.8. The quantitative estimate of drug-likeness (QED) is 0.918. The number of anilines is 1. The minimum absolute atomic E-state index is 0.624. The lowest BCUT2D eigenvalue weighted by Gasteiger charge is -2.17. The first-order chi connectivity index (χ1) is 8.88. The molecule has 0 spiro atoms. The fourth-order valence-corrected chi connectivity index (χ4v) is 2.63. The Morgan fingerprint density at radius 3 is 2.32 bits per heavy atom. The molecule has 102 valence electrons. The molecule has 0 saturated carbocycles. The number of aromatic nitrogens is 2. The van der Waals surface area contributed by atoms with Gasteiger partial charge in [-0.3, -0.25) is 4.68 Å². The maximum absolute atomic E-state index is 6.38. The van der Waals surface area contributed by atoms with Crippen molar-refractivity contribution in [2.75, 3.05) is 12.8 Å². The molecule has 0 unspecified atom stereocenters. The number of methoxy groups -OCH3 is 1. The first-order valence-electron chi connectivity index (χ1n) is 6.01. The summed E-state index contributed by atoms with van der Waals surface area (Å²) in [5, 5.41) is 5.06. The molecule has 2 rings (SSSR count). The van der Waals surface area contributed by atoms with Gasteiger partial charge in [-0.2, -0.15) is 5.10 Å². The highest BCUT2D eigenvalue weighted by molar-refractivity contribution is 6.33. The third-order valence-electron chi connectivity index (χ3n) is 3.56. The smallest absolute Gasteiger partial charge is 0.140 e. The first kappa shape index (κ1) is 13.7. The second kappa shape index (κ2) is 4.78. The fraction of sp³-hybridized carbons (Fsp3) is 0.357. The average Bonchev–Trinajstić information content (AvgIpc) is 2.68. The Hall–Kier alpha value is -1.68. The van der Waals surface area contributed by atoms with Crippen molar-refractivity contribution in [3.05, 3.63) is 27.8 Å². The fourth-order valence-electron chi connectivity index (χ4n) is 2.31. The van der Waals surface area contributed by atoms with Gasteiger partial charge in [-0.1, -0.05) is 11.6 Å². The molecule has 0 aliphatic carbocycles. The number of nitrogens with zero attached hydrogens (tertiary/aromatic N) is 2. The Bertz CT molecular complexity index is 598. The van der Waals surface area contributed by atoms with E-state index in [1.807, 2.05) is 33.9 Å². The minimum Gasteiger partial charge on any atom is -0.495 e. The number of halogens is 1. The molecule has 2 N–H and O–H groups in total. The maximum atomic E-state index is 6.38. The van der Waals surface area contributed by atoms with Crippen molar-refractivity contribution in [3.8, 4) is 17.0 Å². The molecule has 2 aromatic rings. The van der Waals surface area contributed by atoms with Crippen LogP contribution in [0.2, 0.25) is 5.02 Å². The van der Waals surface area contributed by atoms with Crippen molar-refractivity contribution >= 4 is 17.4 Å². The van der Waals surface area contributed by atoms with Crippen LogP contribution in [-0.2, 0) is 7.05 Å². The van der Waals surface area contributed by atoms with Gasteiger partial charge in [0.2, 0.25) is 0 Å². The van der Waals surface area contributed by atoms with E-state index in [1.165, 1.54) is 0 Å². The lowest BCUT2D eigenvalue weighted by Crippen LogP contribution is -1.99. The predicted octanol–water partition coefficient (Wildman–Crippen LogP) is 3.26. The maximum Gasteiger partial charge on any atom is 0.140 e. The van der Waals surface area contributed by atoms with Crippen LogP contribution in [0.1, 0.15) is 16.7 Å². The summed E-state index contributed by atoms with van der Waals surface area (Å²) in [5.41, 5.74) is 10.8. The summed E-state index contributed by atoms with van der Waals surface area (Å²) in [6.07, 6.45) is 0. The number of rotatable bonds is 2. The van der Waals surface area contributed by atoms with Crippen LogP contribution in [0.3, 0.4) is 0 Å². The summed E-state index contributed by atoms with van der Waals surface area (Å²) in [6, 6.07) is 1.86. The zero-order chi connectivity index (χ0) is 14.3. The molecule has 0 fully saturated rings. The summed E-state index contributed by atoms with van der Waals surface area (Å²) in [5.74, 6) is 1.35. The first-order valence-corrected chi connectivity index (χ1v) is 6.39. The van der Waals surface area contributed by atoms with Crippen LogP contribution in [0.25, 0.3) is 11.3 Å². The van der Waals surface area contributed by atoms with Crippen LogP contribution in [0, 0.1) is 20.8 Å². The number of hydrogen-bond acceptors (Lipinski definition) is 3. The van der Waals surface area contributed by atoms with E-state index in [2.05, 4.69) is 5.10 Å². The predicted molar refractivity (Wildman–Crippen MR) is 78.8 cm³/mol. The van der Waals surface area contributed by atoms with E-state index in [1.54, 1.807) is 11.8 Å². The molecule has 0 saturated heterocycles. The summed E-state index contributed by atoms with van der Waals surface area (Å²) >= 11 is 6.38. The van der Waals surface area contributed by atoms with Crippen LogP contribution in [-0.4, -0.2) is 16.9 Å². The van der Waals surface area contributed by atoms with Gasteiger partial charge in [0.05, 0.1) is 17.8 Å². The zero-order valence-electron chi connectivity index (χ0n) is 11.8. The molecule has 0 atom stereocenters. The van der Waals surface area contributed by atoms with Crippen molar-refractivity contribution in [2.45, 2.75) is 20.8 Å². The van der Waals surface area contributed by atoms with Crippen molar-refractivity contribution in [3.63, 3.8) is 0 Å². The SMILES string of the molecule is COc1c(C)c(C)c(-c2cc(N)n(C)n2)c(C)c1Cl. The largest absolute Gasteiger partial charge is 0.495 e. The monoisotopic (exact) mass is 279 g/mol. The molecule has 5 heteroatoms. The van der Waals surface area contributed by atoms with Gasteiger partial charge < -0.3 is 10.5 Å².